The van der Waals surface area contributed by atoms with Gasteiger partial charge in [0.2, 0.25) is 0 Å². The van der Waals surface area contributed by atoms with Crippen LogP contribution in [0.5, 0.6) is 11.5 Å². The molecule has 0 saturated carbocycles. The summed E-state index contributed by atoms with van der Waals surface area (Å²) in [5.41, 5.74) is 4.80. The second kappa shape index (κ2) is 6.55. The topological polar surface area (TPSA) is 82.0 Å². The fraction of sp³-hybridized carbons (Fsp3) is 0.182. The van der Waals surface area contributed by atoms with Crippen LogP contribution < -0.4 is 4.74 Å². The molecule has 3 aromatic rings. The van der Waals surface area contributed by atoms with Gasteiger partial charge in [0.05, 0.1) is 12.6 Å². The van der Waals surface area contributed by atoms with Crippen LogP contribution >= 0.6 is 0 Å². The Bertz CT molecular complexity index is 1140. The molecule has 2 aromatic carbocycles. The van der Waals surface area contributed by atoms with E-state index in [9.17, 15) is 15.6 Å². The van der Waals surface area contributed by atoms with Crippen molar-refractivity contribution in [3.8, 4) is 29.3 Å². The van der Waals surface area contributed by atoms with Crippen LogP contribution in [0.2, 0.25) is 0 Å². The maximum atomic E-state index is 10.0. The van der Waals surface area contributed by atoms with Gasteiger partial charge in [-0.3, -0.25) is 0 Å². The van der Waals surface area contributed by atoms with Crippen LogP contribution in [0.25, 0.3) is 22.2 Å². The van der Waals surface area contributed by atoms with Crippen LogP contribution in [-0.4, -0.2) is 16.8 Å². The van der Waals surface area contributed by atoms with Gasteiger partial charge in [-0.15, -0.1) is 0 Å². The van der Waals surface area contributed by atoms with Crippen LogP contribution in [0.4, 0.5) is 0 Å². The lowest BCUT2D eigenvalue weighted by Crippen LogP contribution is -2.07. The molecule has 4 rings (SSSR count). The van der Waals surface area contributed by atoms with Gasteiger partial charge in [0, 0.05) is 22.3 Å². The third-order valence-electron chi connectivity index (χ3n) is 5.05. The fourth-order valence-corrected chi connectivity index (χ4v) is 3.90. The molecule has 0 amide bonds. The molecule has 0 aliphatic heterocycles. The first-order valence-corrected chi connectivity index (χ1v) is 8.72. The minimum atomic E-state index is 0.146. The Labute approximate surface area is 157 Å². The number of methoxy groups -OCH3 is 1. The largest absolute Gasteiger partial charge is 0.508 e. The molecule has 0 bridgehead atoms. The Morgan fingerprint density at radius 2 is 1.81 bits per heavy atom. The van der Waals surface area contributed by atoms with Crippen LogP contribution in [0.3, 0.4) is 0 Å². The molecule has 0 atom stereocenters. The summed E-state index contributed by atoms with van der Waals surface area (Å²) in [5.74, 6) is 0.941. The first-order valence-electron chi connectivity index (χ1n) is 8.72. The average Bonchev–Trinajstić information content (AvgIpc) is 3.03. The van der Waals surface area contributed by atoms with Crippen molar-refractivity contribution in [1.29, 1.82) is 10.5 Å². The molecule has 1 aliphatic rings. The number of fused-ring (bicyclic) bond motifs is 3. The Morgan fingerprint density at radius 1 is 1.07 bits per heavy atom. The number of hydrogen-bond donors (Lipinski definition) is 1. The van der Waals surface area contributed by atoms with Gasteiger partial charge >= 0.3 is 0 Å². The Kier molecular flexibility index (Phi) is 4.06. The van der Waals surface area contributed by atoms with Gasteiger partial charge < -0.3 is 14.4 Å². The quantitative estimate of drug-likeness (QED) is 0.687. The molecule has 0 unspecified atom stereocenters. The van der Waals surface area contributed by atoms with Crippen LogP contribution in [0.1, 0.15) is 24.1 Å². The summed E-state index contributed by atoms with van der Waals surface area (Å²) in [4.78, 5) is 0. The highest BCUT2D eigenvalue weighted by molar-refractivity contribution is 5.99. The zero-order valence-corrected chi connectivity index (χ0v) is 14.9. The van der Waals surface area contributed by atoms with Gasteiger partial charge in [-0.1, -0.05) is 0 Å². The molecule has 1 N–H and O–H groups in total. The summed E-state index contributed by atoms with van der Waals surface area (Å²) in [5, 5.41) is 29.7. The molecule has 1 aliphatic carbocycles. The monoisotopic (exact) mass is 355 g/mol. The number of phenolic OH excluding ortho intramolecular Hbond substituents is 1. The summed E-state index contributed by atoms with van der Waals surface area (Å²) >= 11 is 0. The molecule has 5 nitrogen and oxygen atoms in total. The van der Waals surface area contributed by atoms with Crippen molar-refractivity contribution < 1.29 is 9.84 Å². The van der Waals surface area contributed by atoms with Gasteiger partial charge in [0.15, 0.2) is 0 Å². The number of nitrogens with zero attached hydrogens (tertiary/aromatic N) is 3. The van der Waals surface area contributed by atoms with E-state index >= 15 is 0 Å². The van der Waals surface area contributed by atoms with Crippen LogP contribution in [0.15, 0.2) is 48.0 Å². The predicted octanol–water partition coefficient (Wildman–Crippen LogP) is 4.48. The number of allylic oxidation sites excluding steroid dienone is 2. The van der Waals surface area contributed by atoms with Crippen molar-refractivity contribution in [2.24, 2.45) is 0 Å². The highest BCUT2D eigenvalue weighted by atomic mass is 16.5. The maximum absolute atomic E-state index is 10.0. The van der Waals surface area contributed by atoms with E-state index in [1.165, 1.54) is 0 Å². The van der Waals surface area contributed by atoms with Crippen molar-refractivity contribution in [2.45, 2.75) is 19.3 Å². The number of ether oxygens (including phenoxy) is 1. The van der Waals surface area contributed by atoms with E-state index in [0.717, 1.165) is 52.0 Å². The van der Waals surface area contributed by atoms with E-state index in [1.807, 2.05) is 42.5 Å². The summed E-state index contributed by atoms with van der Waals surface area (Å²) in [7, 11) is 1.63. The molecular weight excluding hydrogens is 338 g/mol. The molecule has 0 saturated heterocycles. The van der Waals surface area contributed by atoms with Gasteiger partial charge in [-0.2, -0.15) is 10.5 Å². The van der Waals surface area contributed by atoms with Crippen molar-refractivity contribution >= 4 is 16.5 Å². The molecule has 27 heavy (non-hydrogen) atoms. The molecule has 5 heteroatoms. The van der Waals surface area contributed by atoms with E-state index < -0.39 is 0 Å². The number of phenols is 1. The highest BCUT2D eigenvalue weighted by Crippen LogP contribution is 2.42. The Morgan fingerprint density at radius 3 is 2.48 bits per heavy atom. The molecule has 1 heterocycles. The summed E-state index contributed by atoms with van der Waals surface area (Å²) in [6, 6.07) is 17.1. The lowest BCUT2D eigenvalue weighted by Gasteiger charge is -2.19. The third-order valence-corrected chi connectivity index (χ3v) is 5.05. The lowest BCUT2D eigenvalue weighted by molar-refractivity contribution is 0.414. The van der Waals surface area contributed by atoms with Crippen molar-refractivity contribution in [3.63, 3.8) is 0 Å². The predicted molar refractivity (Wildman–Crippen MR) is 103 cm³/mol. The first-order chi connectivity index (χ1) is 13.2. The molecular formula is C22H17N3O2. The van der Waals surface area contributed by atoms with Gasteiger partial charge in [0.1, 0.15) is 29.2 Å². The SMILES string of the molecule is COc1ccc(-n2c3c(c4cc(O)ccc42)C(=C(C#N)C#N)CCC3)cc1. The minimum Gasteiger partial charge on any atom is -0.508 e. The number of aromatic hydroxyl groups is 1. The zero-order valence-electron chi connectivity index (χ0n) is 14.9. The normalized spacial score (nSPS) is 12.9. The smallest absolute Gasteiger partial charge is 0.133 e. The summed E-state index contributed by atoms with van der Waals surface area (Å²) < 4.78 is 7.41. The fourth-order valence-electron chi connectivity index (χ4n) is 3.90. The highest BCUT2D eigenvalue weighted by Gasteiger charge is 2.26. The van der Waals surface area contributed by atoms with Gasteiger partial charge in [-0.25, -0.2) is 0 Å². The zero-order chi connectivity index (χ0) is 19.0. The molecule has 1 aromatic heterocycles. The van der Waals surface area contributed by atoms with Gasteiger partial charge in [-0.05, 0) is 67.3 Å². The number of aromatic nitrogens is 1. The number of nitriles is 2. The van der Waals surface area contributed by atoms with Crippen molar-refractivity contribution in [2.75, 3.05) is 7.11 Å². The van der Waals surface area contributed by atoms with E-state index in [-0.39, 0.29) is 11.3 Å². The maximum Gasteiger partial charge on any atom is 0.133 e. The lowest BCUT2D eigenvalue weighted by atomic mass is 9.87. The van der Waals surface area contributed by atoms with E-state index in [1.54, 1.807) is 19.2 Å². The average molecular weight is 355 g/mol. The Hall–Kier alpha value is -3.70. The van der Waals surface area contributed by atoms with E-state index in [0.29, 0.717) is 6.42 Å². The van der Waals surface area contributed by atoms with E-state index in [4.69, 9.17) is 4.74 Å². The number of hydrogen-bond acceptors (Lipinski definition) is 4. The third kappa shape index (κ3) is 2.61. The van der Waals surface area contributed by atoms with Crippen molar-refractivity contribution in [1.82, 2.24) is 4.57 Å². The number of rotatable bonds is 2. The van der Waals surface area contributed by atoms with Crippen LogP contribution in [-0.2, 0) is 6.42 Å². The summed E-state index contributed by atoms with van der Waals surface area (Å²) in [6.45, 7) is 0. The van der Waals surface area contributed by atoms with Crippen LogP contribution in [0, 0.1) is 22.7 Å². The second-order valence-electron chi connectivity index (χ2n) is 6.49. The summed E-state index contributed by atoms with van der Waals surface area (Å²) in [6.07, 6.45) is 2.39. The molecule has 0 fully saturated rings. The molecule has 0 radical (unpaired) electrons. The van der Waals surface area contributed by atoms with Gasteiger partial charge in [0.25, 0.3) is 0 Å². The Balaban J connectivity index is 2.09. The first kappa shape index (κ1) is 16.8. The molecule has 0 spiro atoms. The van der Waals surface area contributed by atoms with Crippen molar-refractivity contribution in [3.05, 3.63) is 59.3 Å². The van der Waals surface area contributed by atoms with E-state index in [2.05, 4.69) is 4.57 Å². The minimum absolute atomic E-state index is 0.146. The second-order valence-corrected chi connectivity index (χ2v) is 6.49. The standard InChI is InChI=1S/C22H17N3O2/c1-27-17-8-5-15(6-9-17)25-20-10-7-16(26)11-19(20)22-18(14(12-23)13-24)3-2-4-21(22)25/h5-11,26H,2-4H2,1H3. The number of benzene rings is 2. The molecule has 132 valence electrons.